The minimum atomic E-state index is -0.964. The lowest BCUT2D eigenvalue weighted by Crippen LogP contribution is -2.21. The molecule has 1 atom stereocenters. The number of carbonyl (C=O) groups is 1. The predicted octanol–water partition coefficient (Wildman–Crippen LogP) is 1.41. The largest absolute Gasteiger partial charge is 0.463 e. The molecule has 4 heteroatoms. The molecule has 0 saturated heterocycles. The first-order valence-electron chi connectivity index (χ1n) is 5.80. The summed E-state index contributed by atoms with van der Waals surface area (Å²) in [6.07, 6.45) is 7.42. The number of rotatable bonds is 9. The molecule has 0 aromatic heterocycles. The number of aliphatic hydroxyl groups is 2. The van der Waals surface area contributed by atoms with Crippen LogP contribution in [0.4, 0.5) is 0 Å². The van der Waals surface area contributed by atoms with Gasteiger partial charge in [0, 0.05) is 6.42 Å². The fourth-order valence-corrected chi connectivity index (χ4v) is 1.08. The minimum absolute atomic E-state index is 0.124. The highest BCUT2D eigenvalue weighted by Gasteiger charge is 2.06. The van der Waals surface area contributed by atoms with Crippen LogP contribution in [0.5, 0.6) is 0 Å². The van der Waals surface area contributed by atoms with Gasteiger partial charge in [0.25, 0.3) is 0 Å². The van der Waals surface area contributed by atoms with Crippen molar-refractivity contribution in [3.63, 3.8) is 0 Å². The van der Waals surface area contributed by atoms with E-state index in [0.29, 0.717) is 6.42 Å². The maximum atomic E-state index is 11.1. The fourth-order valence-electron chi connectivity index (χ4n) is 1.08. The number of aliphatic hydroxyl groups excluding tert-OH is 2. The standard InChI is InChI=1S/C12H22O4/c1-2-3-4-5-6-7-8-12(15)16-10-11(14)9-13/h4-5,11,13-14H,2-3,6-10H2,1H3. The number of unbranched alkanes of at least 4 members (excludes halogenated alkanes) is 2. The van der Waals surface area contributed by atoms with Gasteiger partial charge >= 0.3 is 5.97 Å². The van der Waals surface area contributed by atoms with E-state index in [9.17, 15) is 4.79 Å². The van der Waals surface area contributed by atoms with Crippen molar-refractivity contribution in [2.75, 3.05) is 13.2 Å². The third-order valence-electron chi connectivity index (χ3n) is 2.02. The third kappa shape index (κ3) is 9.68. The summed E-state index contributed by atoms with van der Waals surface area (Å²) in [5.41, 5.74) is 0. The Hall–Kier alpha value is -0.870. The molecule has 0 aromatic carbocycles. The summed E-state index contributed by atoms with van der Waals surface area (Å²) in [6, 6.07) is 0. The maximum Gasteiger partial charge on any atom is 0.305 e. The molecular weight excluding hydrogens is 208 g/mol. The zero-order chi connectivity index (χ0) is 12.2. The molecule has 1 unspecified atom stereocenters. The summed E-state index contributed by atoms with van der Waals surface area (Å²) in [7, 11) is 0. The molecule has 0 aliphatic carbocycles. The molecule has 16 heavy (non-hydrogen) atoms. The molecule has 94 valence electrons. The average Bonchev–Trinajstić information content (AvgIpc) is 2.30. The summed E-state index contributed by atoms with van der Waals surface area (Å²) in [6.45, 7) is 1.61. The predicted molar refractivity (Wildman–Crippen MR) is 62.0 cm³/mol. The van der Waals surface area contributed by atoms with E-state index in [4.69, 9.17) is 14.9 Å². The highest BCUT2D eigenvalue weighted by Crippen LogP contribution is 2.01. The molecule has 0 aliphatic rings. The Morgan fingerprint density at radius 3 is 2.69 bits per heavy atom. The molecule has 0 aromatic rings. The summed E-state index contributed by atoms with van der Waals surface area (Å²) in [4.78, 5) is 11.1. The number of hydrogen-bond donors (Lipinski definition) is 2. The van der Waals surface area contributed by atoms with Gasteiger partial charge in [0.15, 0.2) is 0 Å². The van der Waals surface area contributed by atoms with E-state index >= 15 is 0 Å². The van der Waals surface area contributed by atoms with Crippen LogP contribution in [-0.2, 0) is 9.53 Å². The Kier molecular flexibility index (Phi) is 10.1. The fraction of sp³-hybridized carbons (Fsp3) is 0.750. The molecule has 0 radical (unpaired) electrons. The summed E-state index contributed by atoms with van der Waals surface area (Å²) >= 11 is 0. The Morgan fingerprint density at radius 2 is 2.06 bits per heavy atom. The summed E-state index contributed by atoms with van der Waals surface area (Å²) < 4.78 is 4.75. The van der Waals surface area contributed by atoms with Gasteiger partial charge in [0.2, 0.25) is 0 Å². The van der Waals surface area contributed by atoms with Crippen molar-refractivity contribution < 1.29 is 19.7 Å². The zero-order valence-electron chi connectivity index (χ0n) is 9.89. The zero-order valence-corrected chi connectivity index (χ0v) is 9.89. The van der Waals surface area contributed by atoms with Gasteiger partial charge in [-0.25, -0.2) is 0 Å². The lowest BCUT2D eigenvalue weighted by Gasteiger charge is -2.07. The molecule has 0 amide bonds. The van der Waals surface area contributed by atoms with E-state index in [1.807, 2.05) is 0 Å². The maximum absolute atomic E-state index is 11.1. The van der Waals surface area contributed by atoms with Crippen LogP contribution >= 0.6 is 0 Å². The van der Waals surface area contributed by atoms with Crippen molar-refractivity contribution in [3.8, 4) is 0 Å². The van der Waals surface area contributed by atoms with Gasteiger partial charge in [-0.2, -0.15) is 0 Å². The molecule has 0 rings (SSSR count). The van der Waals surface area contributed by atoms with Gasteiger partial charge in [-0.15, -0.1) is 0 Å². The van der Waals surface area contributed by atoms with Crippen molar-refractivity contribution in [2.24, 2.45) is 0 Å². The van der Waals surface area contributed by atoms with Crippen molar-refractivity contribution in [3.05, 3.63) is 12.2 Å². The van der Waals surface area contributed by atoms with E-state index in [1.165, 1.54) is 0 Å². The Bertz CT molecular complexity index is 201. The molecular formula is C12H22O4. The average molecular weight is 230 g/mol. The van der Waals surface area contributed by atoms with Gasteiger partial charge in [0.1, 0.15) is 12.7 Å². The van der Waals surface area contributed by atoms with Crippen LogP contribution in [0.3, 0.4) is 0 Å². The van der Waals surface area contributed by atoms with E-state index in [1.54, 1.807) is 0 Å². The summed E-state index contributed by atoms with van der Waals surface area (Å²) in [5.74, 6) is -0.323. The van der Waals surface area contributed by atoms with Crippen LogP contribution in [0.1, 0.15) is 39.0 Å². The number of carbonyl (C=O) groups excluding carboxylic acids is 1. The monoisotopic (exact) mass is 230 g/mol. The van der Waals surface area contributed by atoms with Crippen LogP contribution in [0, 0.1) is 0 Å². The molecule has 0 bridgehead atoms. The van der Waals surface area contributed by atoms with Crippen molar-refractivity contribution >= 4 is 5.97 Å². The summed E-state index contributed by atoms with van der Waals surface area (Å²) in [5, 5.41) is 17.4. The number of esters is 1. The SMILES string of the molecule is CCCC=CCCCC(=O)OCC(O)CO. The normalized spacial score (nSPS) is 12.9. The third-order valence-corrected chi connectivity index (χ3v) is 2.02. The first kappa shape index (κ1) is 15.1. The van der Waals surface area contributed by atoms with Crippen molar-refractivity contribution in [2.45, 2.75) is 45.1 Å². The first-order valence-corrected chi connectivity index (χ1v) is 5.80. The Balaban J connectivity index is 3.37. The van der Waals surface area contributed by atoms with Gasteiger partial charge in [-0.05, 0) is 19.3 Å². The topological polar surface area (TPSA) is 66.8 Å². The van der Waals surface area contributed by atoms with Crippen molar-refractivity contribution in [1.29, 1.82) is 0 Å². The molecule has 4 nitrogen and oxygen atoms in total. The number of allylic oxidation sites excluding steroid dienone is 2. The quantitative estimate of drug-likeness (QED) is 0.357. The lowest BCUT2D eigenvalue weighted by molar-refractivity contribution is -0.147. The molecule has 0 aliphatic heterocycles. The van der Waals surface area contributed by atoms with Gasteiger partial charge in [-0.1, -0.05) is 25.5 Å². The molecule has 0 fully saturated rings. The second kappa shape index (κ2) is 10.6. The molecule has 2 N–H and O–H groups in total. The minimum Gasteiger partial charge on any atom is -0.463 e. The second-order valence-electron chi connectivity index (χ2n) is 3.67. The van der Waals surface area contributed by atoms with Crippen LogP contribution in [-0.4, -0.2) is 35.5 Å². The number of hydrogen-bond acceptors (Lipinski definition) is 4. The van der Waals surface area contributed by atoms with Gasteiger partial charge < -0.3 is 14.9 Å². The van der Waals surface area contributed by atoms with Crippen LogP contribution in [0.15, 0.2) is 12.2 Å². The highest BCUT2D eigenvalue weighted by molar-refractivity contribution is 5.69. The van der Waals surface area contributed by atoms with Crippen LogP contribution < -0.4 is 0 Å². The lowest BCUT2D eigenvalue weighted by atomic mass is 10.2. The highest BCUT2D eigenvalue weighted by atomic mass is 16.5. The number of ether oxygens (including phenoxy) is 1. The van der Waals surface area contributed by atoms with E-state index < -0.39 is 6.10 Å². The van der Waals surface area contributed by atoms with Gasteiger partial charge in [-0.3, -0.25) is 4.79 Å². The second-order valence-corrected chi connectivity index (χ2v) is 3.67. The molecule has 0 spiro atoms. The van der Waals surface area contributed by atoms with Crippen LogP contribution in [0.2, 0.25) is 0 Å². The Morgan fingerprint density at radius 1 is 1.38 bits per heavy atom. The van der Waals surface area contributed by atoms with Gasteiger partial charge in [0.05, 0.1) is 6.61 Å². The first-order chi connectivity index (χ1) is 7.70. The van der Waals surface area contributed by atoms with Crippen molar-refractivity contribution in [1.82, 2.24) is 0 Å². The molecule has 0 heterocycles. The van der Waals surface area contributed by atoms with E-state index in [-0.39, 0.29) is 19.2 Å². The Labute approximate surface area is 96.9 Å². The van der Waals surface area contributed by atoms with E-state index in [0.717, 1.165) is 25.7 Å². The van der Waals surface area contributed by atoms with Crippen LogP contribution in [0.25, 0.3) is 0 Å². The molecule has 0 saturated carbocycles. The van der Waals surface area contributed by atoms with E-state index in [2.05, 4.69) is 19.1 Å². The smallest absolute Gasteiger partial charge is 0.305 e.